The molecule has 1 heterocycles. The molecule has 0 saturated heterocycles. The van der Waals surface area contributed by atoms with Crippen molar-refractivity contribution in [1.29, 1.82) is 0 Å². The van der Waals surface area contributed by atoms with E-state index in [1.165, 1.54) is 6.20 Å². The van der Waals surface area contributed by atoms with Crippen molar-refractivity contribution in [2.24, 2.45) is 5.16 Å². The van der Waals surface area contributed by atoms with Crippen LogP contribution in [0.5, 0.6) is 0 Å². The molecule has 0 bridgehead atoms. The lowest BCUT2D eigenvalue weighted by atomic mass is 10.1. The van der Waals surface area contributed by atoms with Crippen molar-refractivity contribution in [3.8, 4) is 0 Å². The number of hydrogen-bond donors (Lipinski definition) is 2. The SMILES string of the molecule is C/C(=N/O)c1cccc(NS(=O)(=O)c2cnc(C)s2)c1. The molecule has 0 aliphatic carbocycles. The van der Waals surface area contributed by atoms with Crippen LogP contribution in [0, 0.1) is 6.92 Å². The molecule has 20 heavy (non-hydrogen) atoms. The van der Waals surface area contributed by atoms with Crippen molar-refractivity contribution >= 4 is 32.8 Å². The van der Waals surface area contributed by atoms with Gasteiger partial charge in [-0.3, -0.25) is 4.72 Å². The predicted octanol–water partition coefficient (Wildman–Crippen LogP) is 2.45. The van der Waals surface area contributed by atoms with E-state index in [1.807, 2.05) is 0 Å². The summed E-state index contributed by atoms with van der Waals surface area (Å²) in [6.45, 7) is 3.37. The maximum Gasteiger partial charge on any atom is 0.273 e. The monoisotopic (exact) mass is 311 g/mol. The molecule has 0 radical (unpaired) electrons. The Morgan fingerprint density at radius 3 is 2.80 bits per heavy atom. The molecule has 0 unspecified atom stereocenters. The van der Waals surface area contributed by atoms with Crippen LogP contribution in [0.3, 0.4) is 0 Å². The number of nitrogens with one attached hydrogen (secondary N) is 1. The van der Waals surface area contributed by atoms with Crippen molar-refractivity contribution in [3.63, 3.8) is 0 Å². The largest absolute Gasteiger partial charge is 0.411 e. The van der Waals surface area contributed by atoms with E-state index in [4.69, 9.17) is 5.21 Å². The van der Waals surface area contributed by atoms with Gasteiger partial charge in [0.2, 0.25) is 0 Å². The number of anilines is 1. The van der Waals surface area contributed by atoms with Crippen molar-refractivity contribution < 1.29 is 13.6 Å². The zero-order valence-electron chi connectivity index (χ0n) is 10.9. The van der Waals surface area contributed by atoms with Crippen molar-refractivity contribution in [1.82, 2.24) is 4.98 Å². The molecule has 2 rings (SSSR count). The van der Waals surface area contributed by atoms with Gasteiger partial charge in [-0.15, -0.1) is 11.3 Å². The summed E-state index contributed by atoms with van der Waals surface area (Å²) in [5.74, 6) is 0. The van der Waals surface area contributed by atoms with Crippen LogP contribution in [0.15, 0.2) is 39.8 Å². The van der Waals surface area contributed by atoms with E-state index < -0.39 is 10.0 Å². The van der Waals surface area contributed by atoms with Crippen molar-refractivity contribution in [3.05, 3.63) is 41.0 Å². The minimum atomic E-state index is -3.64. The topological polar surface area (TPSA) is 91.7 Å². The number of thiazole rings is 1. The molecule has 8 heteroatoms. The highest BCUT2D eigenvalue weighted by atomic mass is 32.2. The summed E-state index contributed by atoms with van der Waals surface area (Å²) in [6.07, 6.45) is 1.33. The number of rotatable bonds is 4. The maximum absolute atomic E-state index is 12.1. The summed E-state index contributed by atoms with van der Waals surface area (Å²) in [7, 11) is -3.64. The van der Waals surface area contributed by atoms with Crippen LogP contribution in [0.2, 0.25) is 0 Å². The van der Waals surface area contributed by atoms with Crippen molar-refractivity contribution in [2.45, 2.75) is 18.1 Å². The van der Waals surface area contributed by atoms with Crippen LogP contribution in [-0.4, -0.2) is 24.3 Å². The normalized spacial score (nSPS) is 12.4. The molecular formula is C12H13N3O3S2. The first kappa shape index (κ1) is 14.5. The average molecular weight is 311 g/mol. The minimum Gasteiger partial charge on any atom is -0.411 e. The molecule has 6 nitrogen and oxygen atoms in total. The Bertz CT molecular complexity index is 751. The molecule has 0 spiro atoms. The third-order valence-corrected chi connectivity index (χ3v) is 5.30. The quantitative estimate of drug-likeness (QED) is 0.515. The molecule has 0 fully saturated rings. The number of benzene rings is 1. The summed E-state index contributed by atoms with van der Waals surface area (Å²) < 4.78 is 26.9. The summed E-state index contributed by atoms with van der Waals surface area (Å²) >= 11 is 1.10. The second kappa shape index (κ2) is 5.59. The third-order valence-electron chi connectivity index (χ3n) is 2.55. The lowest BCUT2D eigenvalue weighted by Crippen LogP contribution is -2.11. The second-order valence-corrected chi connectivity index (χ2v) is 7.21. The highest BCUT2D eigenvalue weighted by Crippen LogP contribution is 2.22. The zero-order chi connectivity index (χ0) is 14.8. The Morgan fingerprint density at radius 2 is 2.20 bits per heavy atom. The number of nitrogens with zero attached hydrogens (tertiary/aromatic N) is 2. The standard InChI is InChI=1S/C12H13N3O3S2/c1-8(14-16)10-4-3-5-11(6-10)15-20(17,18)12-7-13-9(2)19-12/h3-7,15-16H,1-2H3/b14-8-. The lowest BCUT2D eigenvalue weighted by molar-refractivity contribution is 0.319. The fraction of sp³-hybridized carbons (Fsp3) is 0.167. The highest BCUT2D eigenvalue weighted by molar-refractivity contribution is 7.94. The predicted molar refractivity (Wildman–Crippen MR) is 78.1 cm³/mol. The van der Waals surface area contributed by atoms with Crippen LogP contribution in [0.1, 0.15) is 17.5 Å². The highest BCUT2D eigenvalue weighted by Gasteiger charge is 2.17. The van der Waals surface area contributed by atoms with Gasteiger partial charge in [0.05, 0.1) is 16.9 Å². The van der Waals surface area contributed by atoms with Gasteiger partial charge in [0.25, 0.3) is 10.0 Å². The third kappa shape index (κ3) is 3.14. The van der Waals surface area contributed by atoms with E-state index in [2.05, 4.69) is 14.9 Å². The lowest BCUT2D eigenvalue weighted by Gasteiger charge is -2.07. The fourth-order valence-corrected chi connectivity index (χ4v) is 3.69. The Labute approximate surface area is 120 Å². The van der Waals surface area contributed by atoms with Crippen molar-refractivity contribution in [2.75, 3.05) is 4.72 Å². The fourth-order valence-electron chi connectivity index (χ4n) is 1.54. The Balaban J connectivity index is 2.30. The maximum atomic E-state index is 12.1. The van der Waals surface area contributed by atoms with Gasteiger partial charge in [-0.2, -0.15) is 0 Å². The molecule has 1 aromatic heterocycles. The summed E-state index contributed by atoms with van der Waals surface area (Å²) in [5.41, 5.74) is 1.43. The molecule has 0 atom stereocenters. The van der Waals surface area contributed by atoms with Gasteiger partial charge in [0.1, 0.15) is 0 Å². The van der Waals surface area contributed by atoms with E-state index in [1.54, 1.807) is 38.1 Å². The smallest absolute Gasteiger partial charge is 0.273 e. The molecule has 2 aromatic rings. The van der Waals surface area contributed by atoms with Gasteiger partial charge in [-0.05, 0) is 26.0 Å². The Morgan fingerprint density at radius 1 is 1.45 bits per heavy atom. The number of aromatic nitrogens is 1. The zero-order valence-corrected chi connectivity index (χ0v) is 12.5. The molecule has 106 valence electrons. The first-order valence-electron chi connectivity index (χ1n) is 5.67. The average Bonchev–Trinajstić information content (AvgIpc) is 2.85. The van der Waals surface area contributed by atoms with E-state index >= 15 is 0 Å². The molecular weight excluding hydrogens is 298 g/mol. The minimum absolute atomic E-state index is 0.160. The first-order valence-corrected chi connectivity index (χ1v) is 7.96. The van der Waals surface area contributed by atoms with Gasteiger partial charge in [-0.1, -0.05) is 17.3 Å². The van der Waals surface area contributed by atoms with Crippen LogP contribution < -0.4 is 4.72 Å². The molecule has 0 saturated carbocycles. The molecule has 0 aliphatic rings. The summed E-state index contributed by atoms with van der Waals surface area (Å²) in [5, 5.41) is 12.5. The number of sulfonamides is 1. The molecule has 0 amide bonds. The number of oxime groups is 1. The Kier molecular flexibility index (Phi) is 4.05. The van der Waals surface area contributed by atoms with Gasteiger partial charge in [-0.25, -0.2) is 13.4 Å². The molecule has 1 aromatic carbocycles. The number of aryl methyl sites for hydroxylation is 1. The van der Waals surface area contributed by atoms with Crippen LogP contribution in [0.25, 0.3) is 0 Å². The van der Waals surface area contributed by atoms with E-state index in [0.29, 0.717) is 22.0 Å². The second-order valence-electron chi connectivity index (χ2n) is 4.07. The van der Waals surface area contributed by atoms with Gasteiger partial charge >= 0.3 is 0 Å². The van der Waals surface area contributed by atoms with E-state index in [9.17, 15) is 8.42 Å². The summed E-state index contributed by atoms with van der Waals surface area (Å²) in [6, 6.07) is 6.63. The van der Waals surface area contributed by atoms with Gasteiger partial charge in [0, 0.05) is 11.3 Å². The van der Waals surface area contributed by atoms with Crippen LogP contribution in [0.4, 0.5) is 5.69 Å². The van der Waals surface area contributed by atoms with Crippen LogP contribution >= 0.6 is 11.3 Å². The molecule has 0 aliphatic heterocycles. The van der Waals surface area contributed by atoms with Gasteiger partial charge < -0.3 is 5.21 Å². The van der Waals surface area contributed by atoms with Crippen LogP contribution in [-0.2, 0) is 10.0 Å². The number of hydrogen-bond acceptors (Lipinski definition) is 6. The summed E-state index contributed by atoms with van der Waals surface area (Å²) in [4.78, 5) is 3.93. The molecule has 2 N–H and O–H groups in total. The first-order chi connectivity index (χ1) is 9.42. The van der Waals surface area contributed by atoms with E-state index in [-0.39, 0.29) is 4.21 Å². The van der Waals surface area contributed by atoms with Gasteiger partial charge in [0.15, 0.2) is 4.21 Å². The van der Waals surface area contributed by atoms with E-state index in [0.717, 1.165) is 11.3 Å². The Hall–Kier alpha value is -1.93.